The van der Waals surface area contributed by atoms with Crippen molar-refractivity contribution in [2.75, 3.05) is 11.4 Å². The lowest BCUT2D eigenvalue weighted by Crippen LogP contribution is -2.55. The topological polar surface area (TPSA) is 131 Å². The van der Waals surface area contributed by atoms with Gasteiger partial charge in [0.25, 0.3) is 17.4 Å². The highest BCUT2D eigenvalue weighted by molar-refractivity contribution is 6.25. The average Bonchev–Trinajstić information content (AvgIpc) is 3.55. The van der Waals surface area contributed by atoms with Gasteiger partial charge in [0.1, 0.15) is 23.7 Å². The molecular formula is C24H16N6O6. The van der Waals surface area contributed by atoms with E-state index in [4.69, 9.17) is 11.3 Å². The number of non-ortho nitro benzene ring substituents is 1. The molecule has 0 saturated carbocycles. The number of hydrogen-bond acceptors (Lipinski definition) is 7. The van der Waals surface area contributed by atoms with Crippen LogP contribution >= 0.6 is 0 Å². The number of pyridine rings is 1. The molecule has 3 aliphatic heterocycles. The Morgan fingerprint density at radius 2 is 1.86 bits per heavy atom. The Balaban J connectivity index is 1.27. The summed E-state index contributed by atoms with van der Waals surface area (Å²) in [4.78, 5) is 61.7. The zero-order chi connectivity index (χ0) is 25.1. The van der Waals surface area contributed by atoms with E-state index >= 15 is 0 Å². The van der Waals surface area contributed by atoms with Crippen molar-refractivity contribution in [3.63, 3.8) is 0 Å². The summed E-state index contributed by atoms with van der Waals surface area (Å²) in [5.74, 6) is -0.157. The molecule has 3 saturated heterocycles. The molecule has 178 valence electrons. The molecule has 0 radical (unpaired) electrons. The fourth-order valence-corrected chi connectivity index (χ4v) is 5.31. The van der Waals surface area contributed by atoms with Crippen LogP contribution in [-0.4, -0.2) is 62.4 Å². The third-order valence-electron chi connectivity index (χ3n) is 6.85. The van der Waals surface area contributed by atoms with E-state index in [0.29, 0.717) is 22.9 Å². The van der Waals surface area contributed by atoms with Gasteiger partial charge in [-0.3, -0.25) is 14.9 Å². The summed E-state index contributed by atoms with van der Waals surface area (Å²) in [6.45, 7) is 7.55. The predicted molar refractivity (Wildman–Crippen MR) is 125 cm³/mol. The fourth-order valence-electron chi connectivity index (χ4n) is 5.31. The maximum Gasteiger partial charge on any atom is 0.415 e. The van der Waals surface area contributed by atoms with Crippen LogP contribution in [0.1, 0.15) is 6.42 Å². The lowest BCUT2D eigenvalue weighted by atomic mass is 10.1. The second-order valence-electron chi connectivity index (χ2n) is 8.66. The van der Waals surface area contributed by atoms with Crippen molar-refractivity contribution in [2.24, 2.45) is 0 Å². The van der Waals surface area contributed by atoms with E-state index in [1.54, 1.807) is 24.3 Å². The number of ether oxygens (including phenoxy) is 1. The number of imide groups is 1. The van der Waals surface area contributed by atoms with Gasteiger partial charge in [0.05, 0.1) is 17.0 Å². The first-order chi connectivity index (χ1) is 17.4. The molecule has 3 aliphatic rings. The quantitative estimate of drug-likeness (QED) is 0.241. The van der Waals surface area contributed by atoms with Crippen molar-refractivity contribution in [3.05, 3.63) is 76.3 Å². The van der Waals surface area contributed by atoms with Crippen LogP contribution in [0.25, 0.3) is 15.6 Å². The molecule has 0 aliphatic carbocycles. The van der Waals surface area contributed by atoms with Crippen LogP contribution in [0.3, 0.4) is 0 Å². The molecule has 3 fully saturated rings. The number of nitro benzene ring substituents is 1. The largest absolute Gasteiger partial charge is 0.415 e. The molecule has 4 heterocycles. The van der Waals surface area contributed by atoms with Crippen LogP contribution in [-0.2, 0) is 4.79 Å². The highest BCUT2D eigenvalue weighted by Gasteiger charge is 2.63. The summed E-state index contributed by atoms with van der Waals surface area (Å²) in [7, 11) is 0. The summed E-state index contributed by atoms with van der Waals surface area (Å²) in [5, 5.41) is 11.9. The van der Waals surface area contributed by atoms with E-state index in [9.17, 15) is 24.5 Å². The Kier molecular flexibility index (Phi) is 4.62. The number of piperazine rings is 1. The van der Waals surface area contributed by atoms with Gasteiger partial charge in [0.15, 0.2) is 0 Å². The van der Waals surface area contributed by atoms with Crippen molar-refractivity contribution in [1.82, 2.24) is 14.8 Å². The highest BCUT2D eigenvalue weighted by Crippen LogP contribution is 2.44. The number of carbonyl (C=O) groups excluding carboxylic acids is 3. The van der Waals surface area contributed by atoms with E-state index < -0.39 is 35.0 Å². The summed E-state index contributed by atoms with van der Waals surface area (Å²) in [6.07, 6.45) is 1.11. The molecule has 2 bridgehead atoms. The Hall–Kier alpha value is -5.05. The molecule has 1 unspecified atom stereocenters. The van der Waals surface area contributed by atoms with Crippen molar-refractivity contribution in [1.29, 1.82) is 0 Å². The number of nitrogens with zero attached hydrogens (tertiary/aromatic N) is 6. The minimum atomic E-state index is -0.861. The van der Waals surface area contributed by atoms with Crippen LogP contribution in [0.2, 0.25) is 0 Å². The normalized spacial score (nSPS) is 22.2. The van der Waals surface area contributed by atoms with Gasteiger partial charge in [-0.25, -0.2) is 14.5 Å². The SMILES string of the molecule is [C-]#[N+]c1ncc(N2C(=O)[C@H]3[C@H]4CC(CN4C(=O)Oc4ccc([N+](=O)[O-])cc4)N3C2=O)c2ccccc12. The summed E-state index contributed by atoms with van der Waals surface area (Å²) >= 11 is 0. The summed E-state index contributed by atoms with van der Waals surface area (Å²) in [6, 6.07) is 9.80. The molecule has 12 nitrogen and oxygen atoms in total. The van der Waals surface area contributed by atoms with Crippen LogP contribution in [0.4, 0.5) is 26.8 Å². The maximum atomic E-state index is 13.5. The second-order valence-corrected chi connectivity index (χ2v) is 8.66. The lowest BCUT2D eigenvalue weighted by molar-refractivity contribution is -0.384. The van der Waals surface area contributed by atoms with Gasteiger partial charge in [-0.05, 0) is 18.6 Å². The summed E-state index contributed by atoms with van der Waals surface area (Å²) < 4.78 is 5.39. The third-order valence-corrected chi connectivity index (χ3v) is 6.85. The van der Waals surface area contributed by atoms with Gasteiger partial charge < -0.3 is 19.4 Å². The van der Waals surface area contributed by atoms with Crippen molar-refractivity contribution in [3.8, 4) is 5.75 Å². The molecule has 1 aromatic heterocycles. The third kappa shape index (κ3) is 2.99. The van der Waals surface area contributed by atoms with Gasteiger partial charge in [-0.15, -0.1) is 4.98 Å². The van der Waals surface area contributed by atoms with E-state index in [2.05, 4.69) is 9.83 Å². The van der Waals surface area contributed by atoms with Crippen LogP contribution in [0.5, 0.6) is 5.75 Å². The highest BCUT2D eigenvalue weighted by atomic mass is 16.6. The van der Waals surface area contributed by atoms with Gasteiger partial charge in [0.2, 0.25) is 0 Å². The Labute approximate surface area is 203 Å². The number of hydrogen-bond donors (Lipinski definition) is 0. The number of aromatic nitrogens is 1. The Morgan fingerprint density at radius 1 is 1.14 bits per heavy atom. The molecule has 3 aromatic rings. The lowest BCUT2D eigenvalue weighted by Gasteiger charge is -2.34. The number of carbonyl (C=O) groups is 3. The predicted octanol–water partition coefficient (Wildman–Crippen LogP) is 3.49. The van der Waals surface area contributed by atoms with Gasteiger partial charge >= 0.3 is 12.1 Å². The molecular weight excluding hydrogens is 468 g/mol. The molecule has 0 spiro atoms. The molecule has 3 atom stereocenters. The van der Waals surface area contributed by atoms with Crippen molar-refractivity contribution in [2.45, 2.75) is 24.5 Å². The van der Waals surface area contributed by atoms with E-state index in [1.807, 2.05) is 0 Å². The fraction of sp³-hybridized carbons (Fsp3) is 0.208. The summed E-state index contributed by atoms with van der Waals surface area (Å²) in [5.41, 5.74) is 0.161. The maximum absolute atomic E-state index is 13.5. The molecule has 2 aromatic carbocycles. The minimum Gasteiger partial charge on any atom is -0.410 e. The molecule has 0 N–H and O–H groups in total. The standard InChI is InChI=1S/C24H16N6O6/c1-25-21-17-5-3-2-4-16(17)19(11-26-21)29-22(31)20-18-10-14(28(20)23(29)32)12-27(18)24(33)36-15-8-6-13(7-9-15)30(34)35/h2-9,11,14,18,20H,10,12H2/t14?,18-,20-/m1/s1. The van der Waals surface area contributed by atoms with Gasteiger partial charge in [-0.1, -0.05) is 30.8 Å². The molecule has 36 heavy (non-hydrogen) atoms. The minimum absolute atomic E-state index is 0.132. The first kappa shape index (κ1) is 21.5. The molecule has 4 amide bonds. The first-order valence-electron chi connectivity index (χ1n) is 11.0. The smallest absolute Gasteiger partial charge is 0.410 e. The first-order valence-corrected chi connectivity index (χ1v) is 11.0. The Bertz CT molecular complexity index is 1520. The van der Waals surface area contributed by atoms with Crippen molar-refractivity contribution < 1.29 is 24.0 Å². The van der Waals surface area contributed by atoms with Gasteiger partial charge in [0, 0.05) is 29.4 Å². The number of likely N-dealkylation sites (tertiary alicyclic amines) is 1. The number of urea groups is 1. The van der Waals surface area contributed by atoms with Crippen molar-refractivity contribution >= 4 is 46.0 Å². The number of rotatable bonds is 3. The monoisotopic (exact) mass is 484 g/mol. The number of fused-ring (bicyclic) bond motifs is 6. The average molecular weight is 484 g/mol. The number of amides is 4. The second kappa shape index (κ2) is 7.74. The van der Waals surface area contributed by atoms with Crippen LogP contribution in [0.15, 0.2) is 54.7 Å². The number of benzene rings is 2. The van der Waals surface area contributed by atoms with E-state index in [-0.39, 0.29) is 29.8 Å². The van der Waals surface area contributed by atoms with Gasteiger partial charge in [-0.2, -0.15) is 0 Å². The molecule has 12 heteroatoms. The zero-order valence-corrected chi connectivity index (χ0v) is 18.5. The van der Waals surface area contributed by atoms with Crippen LogP contribution in [0, 0.1) is 16.7 Å². The Morgan fingerprint density at radius 3 is 2.56 bits per heavy atom. The van der Waals surface area contributed by atoms with E-state index in [0.717, 1.165) is 4.90 Å². The van der Waals surface area contributed by atoms with Crippen LogP contribution < -0.4 is 9.64 Å². The molecule has 6 rings (SSSR count). The zero-order valence-electron chi connectivity index (χ0n) is 18.5. The number of anilines is 1. The van der Waals surface area contributed by atoms with E-state index in [1.165, 1.54) is 40.3 Å². The number of nitro groups is 1.